The first kappa shape index (κ1) is 13.2. The minimum atomic E-state index is 0.285. The van der Waals surface area contributed by atoms with Crippen LogP contribution >= 0.6 is 0 Å². The van der Waals surface area contributed by atoms with Gasteiger partial charge in [-0.15, -0.1) is 0 Å². The van der Waals surface area contributed by atoms with E-state index in [-0.39, 0.29) is 5.41 Å². The van der Waals surface area contributed by atoms with Gasteiger partial charge >= 0.3 is 0 Å². The molecule has 0 aliphatic heterocycles. The molecule has 1 aromatic rings. The van der Waals surface area contributed by atoms with Crippen LogP contribution in [0.1, 0.15) is 27.2 Å². The first-order valence-corrected chi connectivity index (χ1v) is 7.11. The lowest BCUT2D eigenvalue weighted by Crippen LogP contribution is -2.12. The van der Waals surface area contributed by atoms with Gasteiger partial charge in [-0.25, -0.2) is 0 Å². The Morgan fingerprint density at radius 3 is 2.70 bits per heavy atom. The van der Waals surface area contributed by atoms with Crippen LogP contribution in [0.2, 0.25) is 0 Å². The lowest BCUT2D eigenvalue weighted by atomic mass is 9.95. The van der Waals surface area contributed by atoms with Crippen molar-refractivity contribution in [1.82, 2.24) is 0 Å². The molecule has 0 heterocycles. The SMILES string of the molecule is COc1ccccc1N/C(C)=C1\C(=O)CC2C1C2(C)C. The summed E-state index contributed by atoms with van der Waals surface area (Å²) >= 11 is 0. The van der Waals surface area contributed by atoms with Crippen LogP contribution in [-0.2, 0) is 4.79 Å². The fourth-order valence-corrected chi connectivity index (χ4v) is 3.64. The van der Waals surface area contributed by atoms with E-state index in [0.717, 1.165) is 22.7 Å². The zero-order valence-electron chi connectivity index (χ0n) is 12.5. The molecule has 3 heteroatoms. The number of carbonyl (C=O) groups is 1. The summed E-state index contributed by atoms with van der Waals surface area (Å²) in [6.45, 7) is 6.51. The van der Waals surface area contributed by atoms with Crippen molar-refractivity contribution < 1.29 is 9.53 Å². The summed E-state index contributed by atoms with van der Waals surface area (Å²) in [5.41, 5.74) is 3.16. The quantitative estimate of drug-likeness (QED) is 0.853. The zero-order chi connectivity index (χ0) is 14.5. The van der Waals surface area contributed by atoms with Gasteiger partial charge in [0, 0.05) is 17.7 Å². The third kappa shape index (κ3) is 1.84. The van der Waals surface area contributed by atoms with Crippen molar-refractivity contribution in [2.45, 2.75) is 27.2 Å². The molecule has 2 aliphatic carbocycles. The number of hydrogen-bond donors (Lipinski definition) is 1. The van der Waals surface area contributed by atoms with E-state index in [9.17, 15) is 4.79 Å². The Morgan fingerprint density at radius 2 is 2.05 bits per heavy atom. The number of allylic oxidation sites excluding steroid dienone is 2. The Morgan fingerprint density at radius 1 is 1.35 bits per heavy atom. The van der Waals surface area contributed by atoms with Gasteiger partial charge in [0.25, 0.3) is 0 Å². The highest BCUT2D eigenvalue weighted by molar-refractivity contribution is 6.01. The van der Waals surface area contributed by atoms with Crippen molar-refractivity contribution in [2.24, 2.45) is 17.3 Å². The number of benzene rings is 1. The van der Waals surface area contributed by atoms with Gasteiger partial charge in [-0.2, -0.15) is 0 Å². The number of fused-ring (bicyclic) bond motifs is 1. The number of anilines is 1. The van der Waals surface area contributed by atoms with Gasteiger partial charge in [-0.05, 0) is 36.3 Å². The van der Waals surface area contributed by atoms with Crippen LogP contribution in [0.4, 0.5) is 5.69 Å². The molecule has 3 rings (SSSR count). The Balaban J connectivity index is 1.91. The van der Waals surface area contributed by atoms with Crippen molar-refractivity contribution in [3.63, 3.8) is 0 Å². The van der Waals surface area contributed by atoms with Gasteiger partial charge in [0.1, 0.15) is 5.75 Å². The van der Waals surface area contributed by atoms with E-state index in [2.05, 4.69) is 19.2 Å². The Kier molecular flexibility index (Phi) is 2.89. The molecule has 3 nitrogen and oxygen atoms in total. The zero-order valence-corrected chi connectivity index (χ0v) is 12.5. The third-order valence-electron chi connectivity index (χ3n) is 4.90. The number of ether oxygens (including phenoxy) is 1. The second-order valence-electron chi connectivity index (χ2n) is 6.40. The van der Waals surface area contributed by atoms with Gasteiger partial charge in [0.2, 0.25) is 0 Å². The van der Waals surface area contributed by atoms with Crippen molar-refractivity contribution in [3.8, 4) is 5.75 Å². The van der Waals surface area contributed by atoms with Crippen LogP contribution in [0, 0.1) is 17.3 Å². The summed E-state index contributed by atoms with van der Waals surface area (Å²) in [5, 5.41) is 3.36. The Bertz CT molecular complexity index is 601. The number of carbonyl (C=O) groups excluding carboxylic acids is 1. The van der Waals surface area contributed by atoms with Gasteiger partial charge < -0.3 is 10.1 Å². The highest BCUT2D eigenvalue weighted by atomic mass is 16.5. The predicted octanol–water partition coefficient (Wildman–Crippen LogP) is 3.63. The van der Waals surface area contributed by atoms with E-state index in [1.54, 1.807) is 7.11 Å². The molecule has 2 fully saturated rings. The van der Waals surface area contributed by atoms with E-state index in [0.29, 0.717) is 24.0 Å². The molecule has 106 valence electrons. The van der Waals surface area contributed by atoms with Gasteiger partial charge in [-0.3, -0.25) is 4.79 Å². The highest BCUT2D eigenvalue weighted by Gasteiger charge is 2.65. The fourth-order valence-electron chi connectivity index (χ4n) is 3.64. The molecule has 0 bridgehead atoms. The predicted molar refractivity (Wildman–Crippen MR) is 79.7 cm³/mol. The minimum Gasteiger partial charge on any atom is -0.495 e. The molecule has 2 saturated carbocycles. The Labute approximate surface area is 120 Å². The van der Waals surface area contributed by atoms with Gasteiger partial charge in [0.15, 0.2) is 5.78 Å². The second-order valence-corrected chi connectivity index (χ2v) is 6.40. The van der Waals surface area contributed by atoms with Crippen LogP contribution in [-0.4, -0.2) is 12.9 Å². The minimum absolute atomic E-state index is 0.285. The summed E-state index contributed by atoms with van der Waals surface area (Å²) in [7, 11) is 1.66. The average Bonchev–Trinajstić information content (AvgIpc) is 2.78. The molecule has 0 radical (unpaired) electrons. The summed E-state index contributed by atoms with van der Waals surface area (Å²) in [6, 6.07) is 7.79. The van der Waals surface area contributed by atoms with Crippen molar-refractivity contribution >= 4 is 11.5 Å². The maximum atomic E-state index is 12.2. The molecular formula is C17H21NO2. The number of nitrogens with one attached hydrogen (secondary N) is 1. The third-order valence-corrected chi connectivity index (χ3v) is 4.90. The lowest BCUT2D eigenvalue weighted by Gasteiger charge is -2.16. The number of methoxy groups -OCH3 is 1. The first-order valence-electron chi connectivity index (χ1n) is 7.11. The summed E-state index contributed by atoms with van der Waals surface area (Å²) in [4.78, 5) is 12.2. The molecule has 2 atom stereocenters. The van der Waals surface area contributed by atoms with Crippen molar-refractivity contribution in [3.05, 3.63) is 35.5 Å². The van der Waals surface area contributed by atoms with E-state index in [4.69, 9.17) is 4.74 Å². The summed E-state index contributed by atoms with van der Waals surface area (Å²) in [5.74, 6) is 2.07. The van der Waals surface area contributed by atoms with E-state index >= 15 is 0 Å². The smallest absolute Gasteiger partial charge is 0.161 e. The largest absolute Gasteiger partial charge is 0.495 e. The number of ketones is 1. The van der Waals surface area contributed by atoms with Gasteiger partial charge in [0.05, 0.1) is 12.8 Å². The fraction of sp³-hybridized carbons (Fsp3) is 0.471. The van der Waals surface area contributed by atoms with Crippen LogP contribution in [0.5, 0.6) is 5.75 Å². The van der Waals surface area contributed by atoms with Crippen molar-refractivity contribution in [1.29, 1.82) is 0 Å². The molecule has 20 heavy (non-hydrogen) atoms. The standard InChI is InChI=1S/C17H21NO2/c1-10(18-12-7-5-6-8-14(12)20-4)15-13(19)9-11-16(15)17(11,2)3/h5-8,11,16,18H,9H2,1-4H3/b15-10+. The molecule has 2 aliphatic rings. The molecular weight excluding hydrogens is 250 g/mol. The first-order chi connectivity index (χ1) is 9.46. The summed E-state index contributed by atoms with van der Waals surface area (Å²) < 4.78 is 5.34. The van der Waals surface area contributed by atoms with Crippen LogP contribution in [0.3, 0.4) is 0 Å². The Hall–Kier alpha value is -1.77. The molecule has 0 aromatic heterocycles. The molecule has 0 amide bonds. The van der Waals surface area contributed by atoms with E-state index in [1.807, 2.05) is 31.2 Å². The monoisotopic (exact) mass is 271 g/mol. The normalized spacial score (nSPS) is 28.9. The maximum absolute atomic E-state index is 12.2. The number of hydrogen-bond acceptors (Lipinski definition) is 3. The maximum Gasteiger partial charge on any atom is 0.161 e. The van der Waals surface area contributed by atoms with E-state index in [1.165, 1.54) is 0 Å². The lowest BCUT2D eigenvalue weighted by molar-refractivity contribution is -0.115. The van der Waals surface area contributed by atoms with Crippen LogP contribution in [0.25, 0.3) is 0 Å². The molecule has 0 spiro atoms. The molecule has 2 unspecified atom stereocenters. The molecule has 1 aromatic carbocycles. The van der Waals surface area contributed by atoms with Crippen molar-refractivity contribution in [2.75, 3.05) is 12.4 Å². The second kappa shape index (κ2) is 4.37. The molecule has 1 N–H and O–H groups in total. The average molecular weight is 271 g/mol. The van der Waals surface area contributed by atoms with Gasteiger partial charge in [-0.1, -0.05) is 26.0 Å². The topological polar surface area (TPSA) is 38.3 Å². The van der Waals surface area contributed by atoms with Crippen LogP contribution < -0.4 is 10.1 Å². The van der Waals surface area contributed by atoms with Crippen LogP contribution in [0.15, 0.2) is 35.5 Å². The summed E-state index contributed by atoms with van der Waals surface area (Å²) in [6.07, 6.45) is 0.706. The number of rotatable bonds is 3. The van der Waals surface area contributed by atoms with E-state index < -0.39 is 0 Å². The number of Topliss-reactive ketones (excluding diaryl/α,β-unsaturated/α-hetero) is 1. The molecule has 0 saturated heterocycles. The highest BCUT2D eigenvalue weighted by Crippen LogP contribution is 2.68. The number of para-hydroxylation sites is 2.